The number of rotatable bonds is 4. The molecule has 1 atom stereocenters. The summed E-state index contributed by atoms with van der Waals surface area (Å²) in [6, 6.07) is 11.9. The topological polar surface area (TPSA) is 9.23 Å². The molecule has 0 aromatic heterocycles. The van der Waals surface area contributed by atoms with E-state index in [0.29, 0.717) is 6.42 Å². The first kappa shape index (κ1) is 13.0. The molecule has 0 spiro atoms. The van der Waals surface area contributed by atoms with Crippen LogP contribution < -0.4 is 0 Å². The highest BCUT2D eigenvalue weighted by Gasteiger charge is 2.11. The molecule has 90 valence electrons. The summed E-state index contributed by atoms with van der Waals surface area (Å²) >= 11 is 6.29. The predicted octanol–water partition coefficient (Wildman–Crippen LogP) is 4.81. The van der Waals surface area contributed by atoms with Crippen LogP contribution in [0.5, 0.6) is 0 Å². The second kappa shape index (κ2) is 5.94. The number of alkyl halides is 1. The molecule has 0 fully saturated rings. The van der Waals surface area contributed by atoms with Gasteiger partial charge in [-0.05, 0) is 22.4 Å². The van der Waals surface area contributed by atoms with Gasteiger partial charge in [-0.25, -0.2) is 4.39 Å². The van der Waals surface area contributed by atoms with Crippen molar-refractivity contribution >= 4 is 43.0 Å². The molecule has 1 nitrogen and oxygen atoms in total. The van der Waals surface area contributed by atoms with Gasteiger partial charge in [0.25, 0.3) is 0 Å². The average molecular weight is 362 g/mol. The van der Waals surface area contributed by atoms with Crippen molar-refractivity contribution in [3.05, 3.63) is 46.4 Å². The van der Waals surface area contributed by atoms with Crippen LogP contribution in [0.2, 0.25) is 0 Å². The Bertz CT molecular complexity index is 510. The molecule has 2 rings (SSSR count). The van der Waals surface area contributed by atoms with Crippen LogP contribution in [0.1, 0.15) is 5.56 Å². The van der Waals surface area contributed by atoms with Crippen LogP contribution in [0, 0.1) is 0 Å². The Morgan fingerprint density at radius 3 is 2.59 bits per heavy atom. The van der Waals surface area contributed by atoms with Gasteiger partial charge in [0.15, 0.2) is 0 Å². The number of fused-ring (bicyclic) bond motifs is 1. The Kier molecular flexibility index (Phi) is 4.54. The van der Waals surface area contributed by atoms with Gasteiger partial charge in [-0.2, -0.15) is 0 Å². The third-order valence-corrected chi connectivity index (χ3v) is 3.55. The molecule has 1 unspecified atom stereocenters. The van der Waals surface area contributed by atoms with Crippen LogP contribution in [0.4, 0.5) is 4.39 Å². The SMILES string of the molecule is FC(COBr)Cc1cccc2cccc(Br)c12. The van der Waals surface area contributed by atoms with Crippen molar-refractivity contribution in [3.8, 4) is 0 Å². The van der Waals surface area contributed by atoms with Crippen molar-refractivity contribution in [2.75, 3.05) is 6.61 Å². The van der Waals surface area contributed by atoms with Gasteiger partial charge < -0.3 is 3.83 Å². The molecule has 2 aromatic carbocycles. The van der Waals surface area contributed by atoms with Gasteiger partial charge >= 0.3 is 0 Å². The molecule has 0 N–H and O–H groups in total. The van der Waals surface area contributed by atoms with Crippen LogP contribution in [0.3, 0.4) is 0 Å². The van der Waals surface area contributed by atoms with E-state index in [1.807, 2.05) is 36.4 Å². The van der Waals surface area contributed by atoms with Gasteiger partial charge in [0.1, 0.15) is 6.17 Å². The van der Waals surface area contributed by atoms with Crippen LogP contribution in [0.15, 0.2) is 40.9 Å². The second-order valence-electron chi connectivity index (χ2n) is 3.83. The Morgan fingerprint density at radius 1 is 1.18 bits per heavy atom. The van der Waals surface area contributed by atoms with Crippen molar-refractivity contribution < 1.29 is 8.22 Å². The smallest absolute Gasteiger partial charge is 0.129 e. The zero-order valence-electron chi connectivity index (χ0n) is 9.00. The lowest BCUT2D eigenvalue weighted by molar-refractivity contribution is 0.227. The van der Waals surface area contributed by atoms with E-state index in [1.54, 1.807) is 0 Å². The van der Waals surface area contributed by atoms with E-state index in [2.05, 4.69) is 36.0 Å². The largest absolute Gasteiger partial charge is 0.305 e. The summed E-state index contributed by atoms with van der Waals surface area (Å²) in [5.74, 6) is 0. The summed E-state index contributed by atoms with van der Waals surface area (Å²) in [5, 5.41) is 2.19. The molecule has 4 heteroatoms. The standard InChI is InChI=1S/C13H11Br2FO/c14-12-6-2-4-9-3-1-5-10(13(9)12)7-11(16)8-17-15/h1-6,11H,7-8H2. The molecule has 0 aliphatic heterocycles. The van der Waals surface area contributed by atoms with Crippen molar-refractivity contribution in [2.24, 2.45) is 0 Å². The van der Waals surface area contributed by atoms with E-state index in [0.717, 1.165) is 20.8 Å². The van der Waals surface area contributed by atoms with Gasteiger partial charge in [-0.15, -0.1) is 0 Å². The number of benzene rings is 2. The molecule has 17 heavy (non-hydrogen) atoms. The van der Waals surface area contributed by atoms with E-state index in [4.69, 9.17) is 0 Å². The van der Waals surface area contributed by atoms with Crippen LogP contribution in [-0.2, 0) is 10.2 Å². The first-order valence-electron chi connectivity index (χ1n) is 5.26. The first-order valence-corrected chi connectivity index (χ1v) is 6.70. The lowest BCUT2D eigenvalue weighted by Crippen LogP contribution is -2.10. The maximum Gasteiger partial charge on any atom is 0.129 e. The maximum atomic E-state index is 13.6. The zero-order valence-corrected chi connectivity index (χ0v) is 12.2. The van der Waals surface area contributed by atoms with Crippen molar-refractivity contribution in [1.29, 1.82) is 0 Å². The highest BCUT2D eigenvalue weighted by Crippen LogP contribution is 2.28. The Morgan fingerprint density at radius 2 is 1.88 bits per heavy atom. The molecular weight excluding hydrogens is 351 g/mol. The molecule has 2 aromatic rings. The van der Waals surface area contributed by atoms with Crippen molar-refractivity contribution in [3.63, 3.8) is 0 Å². The predicted molar refractivity (Wildman–Crippen MR) is 75.1 cm³/mol. The molecule has 0 aliphatic rings. The molecular formula is C13H11Br2FO. The van der Waals surface area contributed by atoms with E-state index < -0.39 is 6.17 Å². The van der Waals surface area contributed by atoms with E-state index in [-0.39, 0.29) is 6.61 Å². The summed E-state index contributed by atoms with van der Waals surface area (Å²) in [6.45, 7) is 0.0564. The number of hydrogen-bond acceptors (Lipinski definition) is 1. The number of hydrogen-bond donors (Lipinski definition) is 0. The molecule has 0 aliphatic carbocycles. The fraction of sp³-hybridized carbons (Fsp3) is 0.231. The van der Waals surface area contributed by atoms with Crippen LogP contribution >= 0.6 is 32.2 Å². The molecule has 0 saturated heterocycles. The van der Waals surface area contributed by atoms with Crippen LogP contribution in [0.25, 0.3) is 10.8 Å². The summed E-state index contributed by atoms with van der Waals surface area (Å²) in [5.41, 5.74) is 0.993. The fourth-order valence-corrected chi connectivity index (χ4v) is 2.83. The van der Waals surface area contributed by atoms with Crippen molar-refractivity contribution in [1.82, 2.24) is 0 Å². The van der Waals surface area contributed by atoms with E-state index in [9.17, 15) is 4.39 Å². The lowest BCUT2D eigenvalue weighted by Gasteiger charge is -2.10. The Balaban J connectivity index is 2.40. The monoisotopic (exact) mass is 360 g/mol. The summed E-state index contributed by atoms with van der Waals surface area (Å²) in [7, 11) is 0. The lowest BCUT2D eigenvalue weighted by atomic mass is 10.0. The maximum absolute atomic E-state index is 13.6. The normalized spacial score (nSPS) is 12.9. The van der Waals surface area contributed by atoms with Gasteiger partial charge in [0.2, 0.25) is 0 Å². The van der Waals surface area contributed by atoms with Crippen LogP contribution in [-0.4, -0.2) is 12.8 Å². The quantitative estimate of drug-likeness (QED) is 0.759. The van der Waals surface area contributed by atoms with E-state index >= 15 is 0 Å². The number of halogens is 3. The third kappa shape index (κ3) is 3.06. The van der Waals surface area contributed by atoms with Gasteiger partial charge in [0, 0.05) is 10.9 Å². The van der Waals surface area contributed by atoms with Gasteiger partial charge in [0.05, 0.1) is 22.9 Å². The van der Waals surface area contributed by atoms with Gasteiger partial charge in [-0.3, -0.25) is 0 Å². The molecule has 0 amide bonds. The molecule has 0 radical (unpaired) electrons. The molecule has 0 bridgehead atoms. The average Bonchev–Trinajstić information content (AvgIpc) is 2.29. The molecule has 0 heterocycles. The Hall–Kier alpha value is -0.450. The highest BCUT2D eigenvalue weighted by atomic mass is 79.9. The molecule has 0 saturated carbocycles. The summed E-state index contributed by atoms with van der Waals surface area (Å²) in [4.78, 5) is 0. The Labute approximate surface area is 117 Å². The fourth-order valence-electron chi connectivity index (χ4n) is 1.91. The second-order valence-corrected chi connectivity index (χ2v) is 5.14. The van der Waals surface area contributed by atoms with Crippen molar-refractivity contribution in [2.45, 2.75) is 12.6 Å². The summed E-state index contributed by atoms with van der Waals surface area (Å²) < 4.78 is 19.2. The van der Waals surface area contributed by atoms with E-state index in [1.165, 1.54) is 0 Å². The minimum Gasteiger partial charge on any atom is -0.305 e. The van der Waals surface area contributed by atoms with Gasteiger partial charge in [-0.1, -0.05) is 46.3 Å². The highest BCUT2D eigenvalue weighted by molar-refractivity contribution is 9.10. The third-order valence-electron chi connectivity index (χ3n) is 2.63. The zero-order chi connectivity index (χ0) is 12.3. The minimum atomic E-state index is -1.01. The minimum absolute atomic E-state index is 0.0564. The first-order chi connectivity index (χ1) is 8.22. The summed E-state index contributed by atoms with van der Waals surface area (Å²) in [6.07, 6.45) is -0.655.